The van der Waals surface area contributed by atoms with Crippen molar-refractivity contribution in [3.63, 3.8) is 0 Å². The second-order valence-electron chi connectivity index (χ2n) is 3.23. The minimum absolute atomic E-state index is 0.284. The van der Waals surface area contributed by atoms with Crippen LogP contribution < -0.4 is 10.9 Å². The van der Waals surface area contributed by atoms with Gasteiger partial charge in [0.25, 0.3) is 5.91 Å². The van der Waals surface area contributed by atoms with Crippen molar-refractivity contribution in [2.75, 3.05) is 5.32 Å². The minimum Gasteiger partial charge on any atom is -0.329 e. The Kier molecular flexibility index (Phi) is 3.34. The maximum Gasteiger partial charge on any atom is 0.257 e. The van der Waals surface area contributed by atoms with Crippen molar-refractivity contribution in [1.29, 1.82) is 0 Å². The molecule has 0 aliphatic carbocycles. The first-order valence-corrected chi connectivity index (χ1v) is 5.57. The van der Waals surface area contributed by atoms with E-state index in [-0.39, 0.29) is 17.0 Å². The average Bonchev–Trinajstić information content (AvgIpc) is 2.32. The number of halogens is 1. The molecule has 0 bridgehead atoms. The lowest BCUT2D eigenvalue weighted by molar-refractivity contribution is 0.102. The zero-order valence-corrected chi connectivity index (χ0v) is 10.2. The van der Waals surface area contributed by atoms with E-state index in [0.29, 0.717) is 10.3 Å². The van der Waals surface area contributed by atoms with Crippen molar-refractivity contribution in [1.82, 2.24) is 9.97 Å². The van der Waals surface area contributed by atoms with Gasteiger partial charge in [0.05, 0.1) is 4.47 Å². The maximum absolute atomic E-state index is 11.8. The molecule has 2 heterocycles. The normalized spacial score (nSPS) is 9.94. The van der Waals surface area contributed by atoms with Gasteiger partial charge in [-0.2, -0.15) is 0 Å². The number of H-pyrrole nitrogens is 1. The number of carbonyl (C=O) groups excluding carboxylic acids is 1. The van der Waals surface area contributed by atoms with Crippen molar-refractivity contribution in [3.8, 4) is 0 Å². The molecule has 17 heavy (non-hydrogen) atoms. The van der Waals surface area contributed by atoms with Crippen LogP contribution in [0, 0.1) is 0 Å². The molecule has 0 spiro atoms. The first kappa shape index (κ1) is 11.5. The lowest BCUT2D eigenvalue weighted by Gasteiger charge is -2.05. The zero-order chi connectivity index (χ0) is 12.3. The summed E-state index contributed by atoms with van der Waals surface area (Å²) in [5, 5.41) is 2.60. The van der Waals surface area contributed by atoms with Crippen molar-refractivity contribution >= 4 is 27.7 Å². The van der Waals surface area contributed by atoms with E-state index < -0.39 is 0 Å². The smallest absolute Gasteiger partial charge is 0.257 e. The predicted octanol–water partition coefficient (Wildman–Crippen LogP) is 1.78. The molecule has 0 unspecified atom stereocenters. The summed E-state index contributed by atoms with van der Waals surface area (Å²) in [4.78, 5) is 29.3. The van der Waals surface area contributed by atoms with E-state index >= 15 is 0 Å². The van der Waals surface area contributed by atoms with Crippen LogP contribution in [0.4, 0.5) is 5.82 Å². The molecule has 0 saturated heterocycles. The summed E-state index contributed by atoms with van der Waals surface area (Å²) in [5.41, 5.74) is -0.0379. The Morgan fingerprint density at radius 2 is 2.24 bits per heavy atom. The van der Waals surface area contributed by atoms with Gasteiger partial charge in [0.15, 0.2) is 0 Å². The fraction of sp³-hybridized carbons (Fsp3) is 0. The molecule has 0 radical (unpaired) electrons. The van der Waals surface area contributed by atoms with Gasteiger partial charge in [0.1, 0.15) is 5.82 Å². The molecule has 0 aromatic carbocycles. The number of hydrogen-bond donors (Lipinski definition) is 2. The molecule has 2 aromatic rings. The van der Waals surface area contributed by atoms with Gasteiger partial charge in [-0.1, -0.05) is 0 Å². The summed E-state index contributed by atoms with van der Waals surface area (Å²) in [5.74, 6) is 0.0354. The molecule has 2 rings (SSSR count). The molecular formula is C11H8BrN3O2. The number of aromatic amines is 1. The van der Waals surface area contributed by atoms with Gasteiger partial charge in [-0.25, -0.2) is 4.98 Å². The number of carbonyl (C=O) groups is 1. The molecular weight excluding hydrogens is 286 g/mol. The van der Waals surface area contributed by atoms with Crippen molar-refractivity contribution in [2.45, 2.75) is 0 Å². The number of rotatable bonds is 2. The van der Waals surface area contributed by atoms with Gasteiger partial charge in [0, 0.05) is 24.0 Å². The van der Waals surface area contributed by atoms with Gasteiger partial charge in [0.2, 0.25) is 5.56 Å². The van der Waals surface area contributed by atoms with Crippen LogP contribution in [-0.4, -0.2) is 15.9 Å². The van der Waals surface area contributed by atoms with Crippen LogP contribution in [0.3, 0.4) is 0 Å². The summed E-state index contributed by atoms with van der Waals surface area (Å²) in [6.07, 6.45) is 2.99. The number of aromatic nitrogens is 2. The topological polar surface area (TPSA) is 74.8 Å². The Hall–Kier alpha value is -1.95. The Morgan fingerprint density at radius 1 is 1.41 bits per heavy atom. The van der Waals surface area contributed by atoms with E-state index in [9.17, 15) is 9.59 Å². The van der Waals surface area contributed by atoms with Gasteiger partial charge in [-0.05, 0) is 34.1 Å². The second-order valence-corrected chi connectivity index (χ2v) is 4.08. The van der Waals surface area contributed by atoms with E-state index in [0.717, 1.165) is 0 Å². The fourth-order valence-corrected chi connectivity index (χ4v) is 1.60. The first-order chi connectivity index (χ1) is 8.16. The van der Waals surface area contributed by atoms with Crippen LogP contribution >= 0.6 is 15.9 Å². The highest BCUT2D eigenvalue weighted by atomic mass is 79.9. The third-order valence-electron chi connectivity index (χ3n) is 2.03. The molecule has 0 atom stereocenters. The second kappa shape index (κ2) is 4.92. The number of nitrogens with one attached hydrogen (secondary N) is 2. The fourth-order valence-electron chi connectivity index (χ4n) is 1.24. The summed E-state index contributed by atoms with van der Waals surface area (Å²) < 4.78 is 0.679. The summed E-state index contributed by atoms with van der Waals surface area (Å²) in [6, 6.07) is 6.26. The number of hydrogen-bond acceptors (Lipinski definition) is 3. The number of nitrogens with zero attached hydrogens (tertiary/aromatic N) is 1. The summed E-state index contributed by atoms with van der Waals surface area (Å²) >= 11 is 3.27. The molecule has 0 aliphatic rings. The van der Waals surface area contributed by atoms with Crippen molar-refractivity contribution in [3.05, 3.63) is 57.0 Å². The first-order valence-electron chi connectivity index (χ1n) is 4.77. The summed E-state index contributed by atoms with van der Waals surface area (Å²) in [6.45, 7) is 0. The number of pyridine rings is 2. The van der Waals surface area contributed by atoms with Crippen LogP contribution in [-0.2, 0) is 0 Å². The van der Waals surface area contributed by atoms with Crippen LogP contribution in [0.2, 0.25) is 0 Å². The van der Waals surface area contributed by atoms with Crippen LogP contribution in [0.5, 0.6) is 0 Å². The molecule has 0 aliphatic heterocycles. The van der Waals surface area contributed by atoms with E-state index in [2.05, 4.69) is 31.2 Å². The lowest BCUT2D eigenvalue weighted by Crippen LogP contribution is -2.16. The molecule has 6 heteroatoms. The minimum atomic E-state index is -0.379. The van der Waals surface area contributed by atoms with E-state index in [1.165, 1.54) is 18.3 Å². The third kappa shape index (κ3) is 2.79. The van der Waals surface area contributed by atoms with Crippen molar-refractivity contribution < 1.29 is 4.79 Å². The van der Waals surface area contributed by atoms with E-state index in [4.69, 9.17) is 0 Å². The van der Waals surface area contributed by atoms with E-state index in [1.54, 1.807) is 18.3 Å². The van der Waals surface area contributed by atoms with E-state index in [1.807, 2.05) is 0 Å². The zero-order valence-electron chi connectivity index (χ0n) is 8.61. The monoisotopic (exact) mass is 293 g/mol. The molecule has 5 nitrogen and oxygen atoms in total. The van der Waals surface area contributed by atoms with Crippen LogP contribution in [0.1, 0.15) is 10.4 Å². The quantitative estimate of drug-likeness (QED) is 0.886. The van der Waals surface area contributed by atoms with Gasteiger partial charge in [-0.15, -0.1) is 0 Å². The Labute approximate surface area is 105 Å². The Bertz CT molecular complexity index is 609. The molecule has 1 amide bonds. The highest BCUT2D eigenvalue weighted by molar-refractivity contribution is 9.10. The van der Waals surface area contributed by atoms with Gasteiger partial charge in [-0.3, -0.25) is 9.59 Å². The molecule has 0 fully saturated rings. The van der Waals surface area contributed by atoms with Gasteiger partial charge < -0.3 is 10.3 Å². The maximum atomic E-state index is 11.8. The predicted molar refractivity (Wildman–Crippen MR) is 67.0 cm³/mol. The van der Waals surface area contributed by atoms with Gasteiger partial charge >= 0.3 is 0 Å². The lowest BCUT2D eigenvalue weighted by atomic mass is 10.2. The Morgan fingerprint density at radius 3 is 2.94 bits per heavy atom. The number of anilines is 1. The molecule has 2 aromatic heterocycles. The van der Waals surface area contributed by atoms with Crippen LogP contribution in [0.15, 0.2) is 45.9 Å². The Balaban J connectivity index is 2.23. The summed E-state index contributed by atoms with van der Waals surface area (Å²) in [7, 11) is 0. The highest BCUT2D eigenvalue weighted by Gasteiger charge is 2.08. The highest BCUT2D eigenvalue weighted by Crippen LogP contribution is 2.18. The third-order valence-corrected chi connectivity index (χ3v) is 2.67. The largest absolute Gasteiger partial charge is 0.329 e. The SMILES string of the molecule is O=C(Nc1ncccc1Br)c1cc[nH]c(=O)c1. The standard InChI is InChI=1S/C11H8BrN3O2/c12-8-2-1-4-14-10(8)15-11(17)7-3-5-13-9(16)6-7/h1-6H,(H,13,16)(H,14,15,17). The molecule has 86 valence electrons. The average molecular weight is 294 g/mol. The molecule has 0 saturated carbocycles. The number of amides is 1. The van der Waals surface area contributed by atoms with Crippen molar-refractivity contribution in [2.24, 2.45) is 0 Å². The molecule has 2 N–H and O–H groups in total. The van der Waals surface area contributed by atoms with Crippen LogP contribution in [0.25, 0.3) is 0 Å².